The second-order valence-electron chi connectivity index (χ2n) is 3.75. The van der Waals surface area contributed by atoms with Crippen molar-refractivity contribution in [1.82, 2.24) is 4.90 Å². The summed E-state index contributed by atoms with van der Waals surface area (Å²) in [5.74, 6) is 0.754. The Bertz CT molecular complexity index is 445. The molecule has 1 rings (SSSR count). The summed E-state index contributed by atoms with van der Waals surface area (Å²) < 4.78 is 0. The normalized spacial score (nSPS) is 9.83. The van der Waals surface area contributed by atoms with E-state index in [0.29, 0.717) is 30.2 Å². The zero-order valence-electron chi connectivity index (χ0n) is 10.2. The third kappa shape index (κ3) is 4.99. The number of carbonyl (C=O) groups is 1. The lowest BCUT2D eigenvalue weighted by atomic mass is 10.3. The van der Waals surface area contributed by atoms with Crippen molar-refractivity contribution in [3.8, 4) is 6.07 Å². The minimum atomic E-state index is 0.0600. The molecule has 0 atom stereocenters. The highest BCUT2D eigenvalue weighted by atomic mass is 35.5. The summed E-state index contributed by atoms with van der Waals surface area (Å²) in [6.07, 6.45) is 0.831. The smallest absolute Gasteiger partial charge is 0.223 e. The van der Waals surface area contributed by atoms with Crippen LogP contribution in [0.25, 0.3) is 0 Å². The number of amides is 1. The van der Waals surface area contributed by atoms with Crippen molar-refractivity contribution in [2.24, 2.45) is 0 Å². The third-order valence-electron chi connectivity index (χ3n) is 2.39. The average molecular weight is 283 g/mol. The molecule has 3 nitrogen and oxygen atoms in total. The number of halogens is 1. The third-order valence-corrected chi connectivity index (χ3v) is 3.91. The van der Waals surface area contributed by atoms with Crippen LogP contribution in [-0.2, 0) is 4.79 Å². The Hall–Kier alpha value is -1.18. The van der Waals surface area contributed by atoms with Crippen molar-refractivity contribution in [1.29, 1.82) is 5.26 Å². The number of carbonyl (C=O) groups excluding carboxylic acids is 1. The first kappa shape index (κ1) is 14.9. The van der Waals surface area contributed by atoms with Crippen LogP contribution in [0.2, 0.25) is 5.02 Å². The summed E-state index contributed by atoms with van der Waals surface area (Å²) in [6, 6.07) is 9.61. The van der Waals surface area contributed by atoms with Crippen LogP contribution in [0.4, 0.5) is 0 Å². The summed E-state index contributed by atoms with van der Waals surface area (Å²) in [6.45, 7) is 0.492. The number of thioether (sulfide) groups is 1. The van der Waals surface area contributed by atoms with Crippen LogP contribution in [0.3, 0.4) is 0 Å². The Kier molecular flexibility index (Phi) is 6.63. The second-order valence-corrected chi connectivity index (χ2v) is 5.30. The fourth-order valence-electron chi connectivity index (χ4n) is 1.34. The lowest BCUT2D eigenvalue weighted by molar-refractivity contribution is -0.129. The van der Waals surface area contributed by atoms with Crippen LogP contribution >= 0.6 is 23.4 Å². The summed E-state index contributed by atoms with van der Waals surface area (Å²) >= 11 is 7.59. The van der Waals surface area contributed by atoms with E-state index in [1.165, 1.54) is 0 Å². The van der Waals surface area contributed by atoms with E-state index >= 15 is 0 Å². The van der Waals surface area contributed by atoms with E-state index in [0.717, 1.165) is 4.90 Å². The van der Waals surface area contributed by atoms with Gasteiger partial charge in [-0.1, -0.05) is 23.7 Å². The molecule has 0 spiro atoms. The molecule has 0 aliphatic rings. The number of hydrogen-bond acceptors (Lipinski definition) is 3. The van der Waals surface area contributed by atoms with Crippen molar-refractivity contribution in [2.75, 3.05) is 19.3 Å². The molecule has 0 bridgehead atoms. The van der Waals surface area contributed by atoms with Crippen LogP contribution in [0.5, 0.6) is 0 Å². The van der Waals surface area contributed by atoms with Gasteiger partial charge < -0.3 is 4.90 Å². The number of nitriles is 1. The first-order chi connectivity index (χ1) is 8.65. The molecule has 0 radical (unpaired) electrons. The Morgan fingerprint density at radius 3 is 2.89 bits per heavy atom. The van der Waals surface area contributed by atoms with Gasteiger partial charge in [-0.25, -0.2) is 0 Å². The quantitative estimate of drug-likeness (QED) is 0.753. The molecule has 0 unspecified atom stereocenters. The fourth-order valence-corrected chi connectivity index (χ4v) is 2.52. The highest BCUT2D eigenvalue weighted by Gasteiger charge is 2.08. The number of nitrogens with zero attached hydrogens (tertiary/aromatic N) is 2. The molecule has 0 N–H and O–H groups in total. The lowest BCUT2D eigenvalue weighted by Gasteiger charge is -2.15. The van der Waals surface area contributed by atoms with E-state index in [9.17, 15) is 4.79 Å². The van der Waals surface area contributed by atoms with Gasteiger partial charge in [0.1, 0.15) is 0 Å². The van der Waals surface area contributed by atoms with Gasteiger partial charge in [0.15, 0.2) is 0 Å². The Labute approximate surface area is 117 Å². The molecule has 5 heteroatoms. The van der Waals surface area contributed by atoms with Gasteiger partial charge in [0.25, 0.3) is 0 Å². The van der Waals surface area contributed by atoms with E-state index in [2.05, 4.69) is 0 Å². The zero-order chi connectivity index (χ0) is 13.4. The molecule has 96 valence electrons. The average Bonchev–Trinajstić information content (AvgIpc) is 2.38. The first-order valence-corrected chi connectivity index (χ1v) is 6.99. The van der Waals surface area contributed by atoms with Gasteiger partial charge in [-0.3, -0.25) is 4.79 Å². The van der Waals surface area contributed by atoms with Gasteiger partial charge in [-0.05, 0) is 12.1 Å². The molecular weight excluding hydrogens is 268 g/mol. The molecule has 1 aromatic rings. The lowest BCUT2D eigenvalue weighted by Crippen LogP contribution is -2.27. The number of rotatable bonds is 6. The Balaban J connectivity index is 2.32. The molecule has 0 aliphatic carbocycles. The van der Waals surface area contributed by atoms with E-state index < -0.39 is 0 Å². The maximum absolute atomic E-state index is 11.7. The number of hydrogen-bond donors (Lipinski definition) is 0. The summed E-state index contributed by atoms with van der Waals surface area (Å²) in [7, 11) is 1.72. The van der Waals surface area contributed by atoms with E-state index in [1.807, 2.05) is 30.3 Å². The van der Waals surface area contributed by atoms with Gasteiger partial charge >= 0.3 is 0 Å². The topological polar surface area (TPSA) is 44.1 Å². The first-order valence-electron chi connectivity index (χ1n) is 5.63. The van der Waals surface area contributed by atoms with Crippen LogP contribution in [0, 0.1) is 11.3 Å². The van der Waals surface area contributed by atoms with Crippen molar-refractivity contribution >= 4 is 29.3 Å². The molecule has 1 aromatic carbocycles. The van der Waals surface area contributed by atoms with Crippen LogP contribution in [-0.4, -0.2) is 30.2 Å². The second kappa shape index (κ2) is 8.02. The summed E-state index contributed by atoms with van der Waals surface area (Å²) in [5, 5.41) is 9.16. The van der Waals surface area contributed by atoms with Crippen molar-refractivity contribution in [3.63, 3.8) is 0 Å². The zero-order valence-corrected chi connectivity index (χ0v) is 11.8. The highest BCUT2D eigenvalue weighted by molar-refractivity contribution is 7.99. The van der Waals surface area contributed by atoms with Crippen molar-refractivity contribution in [2.45, 2.75) is 17.7 Å². The Morgan fingerprint density at radius 2 is 2.22 bits per heavy atom. The van der Waals surface area contributed by atoms with Crippen LogP contribution < -0.4 is 0 Å². The largest absolute Gasteiger partial charge is 0.345 e. The van der Waals surface area contributed by atoms with E-state index in [1.54, 1.807) is 23.7 Å². The maximum Gasteiger partial charge on any atom is 0.223 e. The number of benzene rings is 1. The maximum atomic E-state index is 11.7. The molecule has 0 saturated heterocycles. The van der Waals surface area contributed by atoms with Crippen molar-refractivity contribution < 1.29 is 4.79 Å². The van der Waals surface area contributed by atoms with Crippen LogP contribution in [0.1, 0.15) is 12.8 Å². The van der Waals surface area contributed by atoms with Gasteiger partial charge in [0.05, 0.1) is 17.5 Å². The highest BCUT2D eigenvalue weighted by Crippen LogP contribution is 2.26. The molecule has 0 aliphatic heterocycles. The minimum absolute atomic E-state index is 0.0600. The molecule has 0 heterocycles. The molecule has 0 aromatic heterocycles. The molecular formula is C13H15ClN2OS. The minimum Gasteiger partial charge on any atom is -0.345 e. The van der Waals surface area contributed by atoms with Gasteiger partial charge in [-0.2, -0.15) is 5.26 Å². The predicted molar refractivity (Wildman–Crippen MR) is 74.7 cm³/mol. The van der Waals surface area contributed by atoms with Gasteiger partial charge in [0.2, 0.25) is 5.91 Å². The predicted octanol–water partition coefficient (Wildman–Crippen LogP) is 3.19. The SMILES string of the molecule is CN(CCC#N)C(=O)CCSc1ccccc1Cl. The van der Waals surface area contributed by atoms with Crippen LogP contribution in [0.15, 0.2) is 29.2 Å². The summed E-state index contributed by atoms with van der Waals surface area (Å²) in [4.78, 5) is 14.3. The summed E-state index contributed by atoms with van der Waals surface area (Å²) in [5.41, 5.74) is 0. The van der Waals surface area contributed by atoms with E-state index in [4.69, 9.17) is 16.9 Å². The monoisotopic (exact) mass is 282 g/mol. The molecule has 1 amide bonds. The molecule has 0 fully saturated rings. The molecule has 0 saturated carbocycles. The Morgan fingerprint density at radius 1 is 1.50 bits per heavy atom. The van der Waals surface area contributed by atoms with Gasteiger partial charge in [0, 0.05) is 30.7 Å². The van der Waals surface area contributed by atoms with Gasteiger partial charge in [-0.15, -0.1) is 11.8 Å². The molecule has 18 heavy (non-hydrogen) atoms. The fraction of sp³-hybridized carbons (Fsp3) is 0.385. The van der Waals surface area contributed by atoms with E-state index in [-0.39, 0.29) is 5.91 Å². The standard InChI is InChI=1S/C13H15ClN2OS/c1-16(9-4-8-15)13(17)7-10-18-12-6-3-2-5-11(12)14/h2-3,5-6H,4,7,9-10H2,1H3. The van der Waals surface area contributed by atoms with Crippen molar-refractivity contribution in [3.05, 3.63) is 29.3 Å².